The molecule has 0 bridgehead atoms. The fourth-order valence-corrected chi connectivity index (χ4v) is 2.77. The molecule has 0 heterocycles. The molecule has 0 aromatic heterocycles. The Morgan fingerprint density at radius 1 is 1.25 bits per heavy atom. The number of benzene rings is 1. The fraction of sp³-hybridized carbons (Fsp3) is 0.533. The number of hydrogen-bond acceptors (Lipinski definition) is 4. The minimum absolute atomic E-state index is 0. The monoisotopic (exact) mass is 470 g/mol. The second-order valence-electron chi connectivity index (χ2n) is 5.02. The summed E-state index contributed by atoms with van der Waals surface area (Å²) < 4.78 is 31.3. The van der Waals surface area contributed by atoms with Crippen molar-refractivity contribution in [2.24, 2.45) is 10.7 Å². The van der Waals surface area contributed by atoms with Gasteiger partial charge in [0.15, 0.2) is 5.96 Å². The van der Waals surface area contributed by atoms with Crippen LogP contribution < -0.4 is 15.8 Å². The van der Waals surface area contributed by atoms with Gasteiger partial charge in [-0.3, -0.25) is 0 Å². The molecule has 9 heteroatoms. The van der Waals surface area contributed by atoms with Gasteiger partial charge in [0.25, 0.3) is 0 Å². The van der Waals surface area contributed by atoms with Gasteiger partial charge in [-0.25, -0.2) is 18.1 Å². The van der Waals surface area contributed by atoms with E-state index in [-0.39, 0.29) is 35.4 Å². The van der Waals surface area contributed by atoms with Gasteiger partial charge < -0.3 is 15.8 Å². The van der Waals surface area contributed by atoms with Gasteiger partial charge in [-0.1, -0.05) is 25.5 Å². The molecule has 0 saturated heterocycles. The Morgan fingerprint density at radius 2 is 1.92 bits per heavy atom. The van der Waals surface area contributed by atoms with E-state index in [9.17, 15) is 8.42 Å². The molecule has 0 radical (unpaired) electrons. The molecule has 138 valence electrons. The molecule has 0 fully saturated rings. The Bertz CT molecular complexity index is 591. The minimum Gasteiger partial charge on any atom is -0.383 e. The van der Waals surface area contributed by atoms with Crippen molar-refractivity contribution in [2.45, 2.75) is 31.2 Å². The average molecular weight is 470 g/mol. The molecule has 0 unspecified atom stereocenters. The number of hydrogen-bond donors (Lipinski definition) is 3. The quantitative estimate of drug-likeness (QED) is 0.208. The van der Waals surface area contributed by atoms with Crippen LogP contribution >= 0.6 is 24.0 Å². The summed E-state index contributed by atoms with van der Waals surface area (Å²) in [5.74, 6) is 0.399. The molecule has 0 aliphatic rings. The van der Waals surface area contributed by atoms with Gasteiger partial charge in [0.2, 0.25) is 10.0 Å². The first-order valence-electron chi connectivity index (χ1n) is 7.61. The van der Waals surface area contributed by atoms with Crippen LogP contribution in [-0.2, 0) is 21.3 Å². The summed E-state index contributed by atoms with van der Waals surface area (Å²) in [6.45, 7) is 3.88. The first-order chi connectivity index (χ1) is 11.0. The summed E-state index contributed by atoms with van der Waals surface area (Å²) in [5.41, 5.74) is 6.64. The number of rotatable bonds is 10. The first-order valence-corrected chi connectivity index (χ1v) is 9.09. The van der Waals surface area contributed by atoms with Crippen LogP contribution in [0.25, 0.3) is 0 Å². The van der Waals surface area contributed by atoms with E-state index in [1.54, 1.807) is 24.3 Å². The van der Waals surface area contributed by atoms with Crippen LogP contribution in [-0.4, -0.2) is 41.2 Å². The zero-order valence-corrected chi connectivity index (χ0v) is 17.3. The Labute approximate surface area is 161 Å². The number of nitrogens with one attached hydrogen (secondary N) is 2. The lowest BCUT2D eigenvalue weighted by Crippen LogP contribution is -2.32. The molecule has 7 nitrogen and oxygen atoms in total. The van der Waals surface area contributed by atoms with Crippen molar-refractivity contribution >= 4 is 40.0 Å². The van der Waals surface area contributed by atoms with Gasteiger partial charge in [-0.05, 0) is 24.1 Å². The number of sulfonamides is 1. The van der Waals surface area contributed by atoms with Crippen molar-refractivity contribution in [1.82, 2.24) is 10.0 Å². The lowest BCUT2D eigenvalue weighted by molar-refractivity contribution is 0.204. The van der Waals surface area contributed by atoms with Gasteiger partial charge in [-0.15, -0.1) is 24.0 Å². The second kappa shape index (κ2) is 12.5. The van der Waals surface area contributed by atoms with E-state index in [0.29, 0.717) is 19.1 Å². The normalized spacial score (nSPS) is 11.8. The Morgan fingerprint density at radius 3 is 2.50 bits per heavy atom. The van der Waals surface area contributed by atoms with Gasteiger partial charge in [-0.2, -0.15) is 0 Å². The van der Waals surface area contributed by atoms with Gasteiger partial charge >= 0.3 is 0 Å². The number of nitrogens with zero attached hydrogens (tertiary/aromatic N) is 1. The first kappa shape index (κ1) is 23.1. The number of aliphatic imine (C=N–C) groups is 1. The molecule has 0 amide bonds. The average Bonchev–Trinajstić information content (AvgIpc) is 2.54. The van der Waals surface area contributed by atoms with Crippen molar-refractivity contribution in [3.05, 3.63) is 29.8 Å². The Balaban J connectivity index is 0.00000529. The molecule has 1 aromatic carbocycles. The third kappa shape index (κ3) is 8.81. The predicted octanol–water partition coefficient (Wildman–Crippen LogP) is 1.43. The summed E-state index contributed by atoms with van der Waals surface area (Å²) in [4.78, 5) is 4.44. The van der Waals surface area contributed by atoms with Crippen LogP contribution in [0.3, 0.4) is 0 Å². The van der Waals surface area contributed by atoms with Crippen molar-refractivity contribution in [1.29, 1.82) is 0 Å². The molecule has 0 aliphatic carbocycles. The lowest BCUT2D eigenvalue weighted by Gasteiger charge is -2.07. The highest BCUT2D eigenvalue weighted by atomic mass is 127. The van der Waals surface area contributed by atoms with Crippen LogP contribution in [0, 0.1) is 0 Å². The molecule has 24 heavy (non-hydrogen) atoms. The number of ether oxygens (including phenoxy) is 1. The third-order valence-corrected chi connectivity index (χ3v) is 4.58. The highest BCUT2D eigenvalue weighted by Gasteiger charge is 2.12. The smallest absolute Gasteiger partial charge is 0.240 e. The molecule has 0 atom stereocenters. The van der Waals surface area contributed by atoms with Gasteiger partial charge in [0.1, 0.15) is 0 Å². The second-order valence-corrected chi connectivity index (χ2v) is 6.78. The van der Waals surface area contributed by atoms with Crippen molar-refractivity contribution in [3.63, 3.8) is 0 Å². The summed E-state index contributed by atoms with van der Waals surface area (Å²) in [5, 5.41) is 3.03. The third-order valence-electron chi connectivity index (χ3n) is 3.10. The number of halogens is 1. The Hall–Kier alpha value is -0.910. The van der Waals surface area contributed by atoms with Crippen LogP contribution in [0.15, 0.2) is 34.2 Å². The number of nitrogens with two attached hydrogens (primary N) is 1. The predicted molar refractivity (Wildman–Crippen MR) is 107 cm³/mol. The van der Waals surface area contributed by atoms with Crippen molar-refractivity contribution < 1.29 is 13.2 Å². The largest absolute Gasteiger partial charge is 0.383 e. The van der Waals surface area contributed by atoms with E-state index < -0.39 is 10.0 Å². The molecular formula is C15H27IN4O3S. The van der Waals surface area contributed by atoms with E-state index in [1.165, 1.54) is 7.11 Å². The SMILES string of the molecule is CCCCNC(N)=NCc1ccc(S(=O)(=O)NCCOC)cc1.I. The van der Waals surface area contributed by atoms with Crippen LogP contribution in [0.1, 0.15) is 25.3 Å². The summed E-state index contributed by atoms with van der Waals surface area (Å²) in [6.07, 6.45) is 2.13. The van der Waals surface area contributed by atoms with Gasteiger partial charge in [0.05, 0.1) is 18.0 Å². The number of methoxy groups -OCH3 is 1. The summed E-state index contributed by atoms with van der Waals surface area (Å²) in [6, 6.07) is 6.57. The summed E-state index contributed by atoms with van der Waals surface area (Å²) >= 11 is 0. The Kier molecular flexibility index (Phi) is 12.0. The molecule has 0 aliphatic heterocycles. The maximum atomic E-state index is 12.0. The van der Waals surface area contributed by atoms with E-state index in [0.717, 1.165) is 24.9 Å². The maximum Gasteiger partial charge on any atom is 0.240 e. The fourth-order valence-electron chi connectivity index (χ4n) is 1.76. The molecule has 1 aromatic rings. The van der Waals surface area contributed by atoms with Crippen molar-refractivity contribution in [3.8, 4) is 0 Å². The lowest BCUT2D eigenvalue weighted by atomic mass is 10.2. The highest BCUT2D eigenvalue weighted by molar-refractivity contribution is 14.0. The van der Waals surface area contributed by atoms with Crippen molar-refractivity contribution in [2.75, 3.05) is 26.8 Å². The van der Waals surface area contributed by atoms with E-state index in [2.05, 4.69) is 22.0 Å². The van der Waals surface area contributed by atoms with Crippen LogP contribution in [0.2, 0.25) is 0 Å². The highest BCUT2D eigenvalue weighted by Crippen LogP contribution is 2.11. The zero-order valence-electron chi connectivity index (χ0n) is 14.1. The van der Waals surface area contributed by atoms with E-state index in [1.807, 2.05) is 0 Å². The molecular weight excluding hydrogens is 443 g/mol. The maximum absolute atomic E-state index is 12.0. The number of unbranched alkanes of at least 4 members (excludes halogenated alkanes) is 1. The minimum atomic E-state index is -3.50. The zero-order chi connectivity index (χ0) is 17.1. The molecule has 1 rings (SSSR count). The topological polar surface area (TPSA) is 106 Å². The summed E-state index contributed by atoms with van der Waals surface area (Å²) in [7, 11) is -1.98. The van der Waals surface area contributed by atoms with Crippen LogP contribution in [0.4, 0.5) is 0 Å². The molecule has 0 spiro atoms. The standard InChI is InChI=1S/C15H26N4O3S.HI/c1-3-4-9-17-15(16)18-12-13-5-7-14(8-6-13)23(20,21)19-10-11-22-2;/h5-8,19H,3-4,9-12H2,1-2H3,(H3,16,17,18);1H. The molecule has 4 N–H and O–H groups in total. The molecule has 0 saturated carbocycles. The van der Waals surface area contributed by atoms with E-state index in [4.69, 9.17) is 10.5 Å². The van der Waals surface area contributed by atoms with E-state index >= 15 is 0 Å². The number of guanidine groups is 1. The van der Waals surface area contributed by atoms with Crippen LogP contribution in [0.5, 0.6) is 0 Å². The van der Waals surface area contributed by atoms with Gasteiger partial charge in [0, 0.05) is 20.2 Å².